The van der Waals surface area contributed by atoms with Crippen molar-refractivity contribution in [3.63, 3.8) is 0 Å². The van der Waals surface area contributed by atoms with Crippen molar-refractivity contribution >= 4 is 27.9 Å². The van der Waals surface area contributed by atoms with Crippen LogP contribution in [0.3, 0.4) is 0 Å². The fourth-order valence-corrected chi connectivity index (χ4v) is 10.6. The molecule has 4 heterocycles. The summed E-state index contributed by atoms with van der Waals surface area (Å²) in [6.45, 7) is 13.2. The standard InChI is InChI=1S/C40H55N3O4S.ClH/c1-5-7-19-40(20-8-6-2)30-48(45,46)37-18-15-34(41(3)4)27-36(37)38(39(40)44)33-13-16-35(17-14-33)47-29-32-11-9-31(10-12-32)28-43-24-21-42(22-25-43)23-26-43;/h9-18,27,38-39H,5-8,19-26,28-30H2,1-4H3;1H/t38-,39-;/m1./s1. The fourth-order valence-electron chi connectivity index (χ4n) is 8.40. The van der Waals surface area contributed by atoms with Gasteiger partial charge in [-0.15, -0.1) is 18.5 Å². The number of unbranched alkanes of at least 4 members (excludes halogenated alkanes) is 2. The number of hydrogen-bond acceptors (Lipinski definition) is 6. The molecule has 3 aromatic carbocycles. The summed E-state index contributed by atoms with van der Waals surface area (Å²) in [5.74, 6) is 0.0701. The summed E-state index contributed by atoms with van der Waals surface area (Å²) in [5.41, 5.74) is 4.06. The molecule has 3 aromatic rings. The molecule has 0 saturated carbocycles. The van der Waals surface area contributed by atoms with Gasteiger partial charge in [-0.25, -0.2) is 8.42 Å². The molecule has 49 heavy (non-hydrogen) atoms. The van der Waals surface area contributed by atoms with Crippen molar-refractivity contribution < 1.29 is 22.7 Å². The van der Waals surface area contributed by atoms with E-state index in [1.54, 1.807) is 6.07 Å². The number of quaternary nitrogens is 1. The van der Waals surface area contributed by atoms with Gasteiger partial charge in [0.1, 0.15) is 18.9 Å². The fraction of sp³-hybridized carbons (Fsp3) is 0.550. The van der Waals surface area contributed by atoms with Gasteiger partial charge in [-0.2, -0.15) is 0 Å². The number of ether oxygens (including phenoxy) is 1. The Balaban J connectivity index is 0.00000468. The summed E-state index contributed by atoms with van der Waals surface area (Å²) >= 11 is 0. The largest absolute Gasteiger partial charge is 0.851 e. The average molecular weight is 710 g/mol. The van der Waals surface area contributed by atoms with Crippen LogP contribution in [0.25, 0.3) is 0 Å². The molecule has 2 atom stereocenters. The Morgan fingerprint density at radius 3 is 2.04 bits per heavy atom. The molecule has 0 unspecified atom stereocenters. The maximum Gasteiger partial charge on any atom is 0.179 e. The number of piperazine rings is 3. The molecular formula is C40H56ClN3O4S. The number of sulfone groups is 1. The van der Waals surface area contributed by atoms with Gasteiger partial charge >= 0.3 is 0 Å². The van der Waals surface area contributed by atoms with Gasteiger partial charge in [0.2, 0.25) is 0 Å². The van der Waals surface area contributed by atoms with Gasteiger partial charge in [-0.1, -0.05) is 75.9 Å². The highest BCUT2D eigenvalue weighted by Gasteiger charge is 2.45. The number of nitrogens with zero attached hydrogens (tertiary/aromatic N) is 3. The van der Waals surface area contributed by atoms with Crippen LogP contribution in [0.1, 0.15) is 80.5 Å². The highest BCUT2D eigenvalue weighted by molar-refractivity contribution is 7.91. The molecule has 0 N–H and O–H groups in total. The predicted molar refractivity (Wildman–Crippen MR) is 199 cm³/mol. The van der Waals surface area contributed by atoms with Crippen LogP contribution in [0.15, 0.2) is 71.6 Å². The van der Waals surface area contributed by atoms with Crippen molar-refractivity contribution in [2.45, 2.75) is 82.4 Å². The first kappa shape index (κ1) is 37.6. The Labute approximate surface area is 301 Å². The van der Waals surface area contributed by atoms with E-state index in [9.17, 15) is 13.5 Å². The normalized spacial score (nSPS) is 25.1. The van der Waals surface area contributed by atoms with Crippen LogP contribution in [0.2, 0.25) is 0 Å². The lowest BCUT2D eigenvalue weighted by atomic mass is 9.68. The molecule has 7 rings (SSSR count). The maximum atomic E-state index is 15.0. The highest BCUT2D eigenvalue weighted by atomic mass is 35.5. The zero-order chi connectivity index (χ0) is 33.9. The van der Waals surface area contributed by atoms with Gasteiger partial charge in [0.05, 0.1) is 30.3 Å². The Hall–Kier alpha value is -2.62. The van der Waals surface area contributed by atoms with Crippen molar-refractivity contribution in [1.82, 2.24) is 4.90 Å². The van der Waals surface area contributed by atoms with Gasteiger partial charge in [-0.3, -0.25) is 4.90 Å². The van der Waals surface area contributed by atoms with E-state index in [1.165, 1.54) is 49.3 Å². The molecule has 9 heteroatoms. The van der Waals surface area contributed by atoms with E-state index in [0.717, 1.165) is 54.8 Å². The molecule has 4 aliphatic heterocycles. The molecule has 3 saturated heterocycles. The quantitative estimate of drug-likeness (QED) is 0.191. The Morgan fingerprint density at radius 2 is 1.47 bits per heavy atom. The van der Waals surface area contributed by atoms with E-state index in [1.807, 2.05) is 55.4 Å². The Kier molecular flexibility index (Phi) is 12.1. The second kappa shape index (κ2) is 15.7. The number of hydrogen-bond donors (Lipinski definition) is 0. The molecular weight excluding hydrogens is 654 g/mol. The van der Waals surface area contributed by atoms with E-state index in [-0.39, 0.29) is 18.2 Å². The maximum absolute atomic E-state index is 15.0. The second-order valence-electron chi connectivity index (χ2n) is 15.0. The predicted octanol–water partition coefficient (Wildman–Crippen LogP) is 6.41. The summed E-state index contributed by atoms with van der Waals surface area (Å²) < 4.78 is 35.6. The van der Waals surface area contributed by atoms with Crippen LogP contribution in [0.4, 0.5) is 5.69 Å². The minimum Gasteiger partial charge on any atom is -0.851 e. The Morgan fingerprint density at radius 1 is 0.878 bits per heavy atom. The number of anilines is 1. The van der Waals surface area contributed by atoms with Crippen molar-refractivity contribution in [3.05, 3.63) is 89.0 Å². The molecule has 2 bridgehead atoms. The Bertz CT molecular complexity index is 1620. The third-order valence-corrected chi connectivity index (χ3v) is 13.5. The van der Waals surface area contributed by atoms with Gasteiger partial charge < -0.3 is 19.2 Å². The van der Waals surface area contributed by atoms with Gasteiger partial charge in [0.15, 0.2) is 9.84 Å². The van der Waals surface area contributed by atoms with Crippen LogP contribution >= 0.6 is 12.4 Å². The minimum absolute atomic E-state index is 0. The molecule has 0 aromatic heterocycles. The first-order chi connectivity index (χ1) is 23.1. The minimum atomic E-state index is -3.67. The number of rotatable bonds is 13. The third kappa shape index (κ3) is 8.15. The van der Waals surface area contributed by atoms with Crippen molar-refractivity contribution in [1.29, 1.82) is 0 Å². The van der Waals surface area contributed by atoms with Crippen LogP contribution in [0.5, 0.6) is 5.75 Å². The number of fused-ring (bicyclic) bond motifs is 4. The molecule has 7 nitrogen and oxygen atoms in total. The van der Waals surface area contributed by atoms with E-state index in [4.69, 9.17) is 4.74 Å². The zero-order valence-corrected chi connectivity index (χ0v) is 31.5. The molecule has 4 aliphatic rings. The summed E-state index contributed by atoms with van der Waals surface area (Å²) in [4.78, 5) is 4.86. The number of halogens is 1. The smallest absolute Gasteiger partial charge is 0.179 e. The summed E-state index contributed by atoms with van der Waals surface area (Å²) in [7, 11) is 0.219. The monoisotopic (exact) mass is 709 g/mol. The molecule has 0 amide bonds. The van der Waals surface area contributed by atoms with Crippen LogP contribution in [-0.2, 0) is 23.0 Å². The molecule has 268 valence electrons. The lowest BCUT2D eigenvalue weighted by molar-refractivity contribution is -0.953. The van der Waals surface area contributed by atoms with E-state index in [2.05, 4.69) is 43.0 Å². The van der Waals surface area contributed by atoms with Crippen molar-refractivity contribution in [2.24, 2.45) is 5.41 Å². The van der Waals surface area contributed by atoms with Crippen LogP contribution < -0.4 is 14.7 Å². The number of benzene rings is 3. The molecule has 0 aliphatic carbocycles. The second-order valence-corrected chi connectivity index (χ2v) is 17.0. The molecule has 0 radical (unpaired) electrons. The topological polar surface area (TPSA) is 72.9 Å². The summed E-state index contributed by atoms with van der Waals surface area (Å²) in [5, 5.41) is 15.0. The molecule has 3 fully saturated rings. The van der Waals surface area contributed by atoms with Crippen molar-refractivity contribution in [3.8, 4) is 5.75 Å². The SMILES string of the molecule is CCCCC1(CCCC)CS(=O)(=O)c2ccc(N(C)C)cc2[C@@H](c2ccc(OCc3ccc(C[N+]45CCN(CC4)CC5)cc3)cc2)[C@H]1[O-].Cl. The zero-order valence-electron chi connectivity index (χ0n) is 29.9. The van der Waals surface area contributed by atoms with Crippen LogP contribution in [0, 0.1) is 5.41 Å². The van der Waals surface area contributed by atoms with E-state index in [0.29, 0.717) is 29.9 Å². The van der Waals surface area contributed by atoms with Crippen molar-refractivity contribution in [2.75, 3.05) is 64.0 Å². The van der Waals surface area contributed by atoms with E-state index < -0.39 is 27.3 Å². The summed E-state index contributed by atoms with van der Waals surface area (Å²) in [6, 6.07) is 22.2. The van der Waals surface area contributed by atoms with E-state index >= 15 is 0 Å². The van der Waals surface area contributed by atoms with Crippen LogP contribution in [-0.4, -0.2) is 83.0 Å². The first-order valence-electron chi connectivity index (χ1n) is 18.1. The lowest BCUT2D eigenvalue weighted by Crippen LogP contribution is -2.66. The van der Waals surface area contributed by atoms with Gasteiger partial charge in [0.25, 0.3) is 0 Å². The highest BCUT2D eigenvalue weighted by Crippen LogP contribution is 2.49. The third-order valence-electron chi connectivity index (χ3n) is 11.5. The summed E-state index contributed by atoms with van der Waals surface area (Å²) in [6.07, 6.45) is 3.70. The lowest BCUT2D eigenvalue weighted by Gasteiger charge is -2.50. The average Bonchev–Trinajstić information content (AvgIpc) is 3.17. The van der Waals surface area contributed by atoms with Gasteiger partial charge in [-0.05, 0) is 71.2 Å². The molecule has 0 spiro atoms. The van der Waals surface area contributed by atoms with Gasteiger partial charge in [0, 0.05) is 45.0 Å². The first-order valence-corrected chi connectivity index (χ1v) is 19.8.